The Morgan fingerprint density at radius 1 is 1.12 bits per heavy atom. The average molecular weight is 378 g/mol. The summed E-state index contributed by atoms with van der Waals surface area (Å²) in [5, 5.41) is -0.0830. The van der Waals surface area contributed by atoms with Crippen LogP contribution < -0.4 is 0 Å². The fourth-order valence-corrected chi connectivity index (χ4v) is 5.02. The lowest BCUT2D eigenvalue weighted by Gasteiger charge is -2.18. The maximum absolute atomic E-state index is 12.8. The number of nitrogens with zero attached hydrogens (tertiary/aromatic N) is 1. The number of hydrogen-bond acceptors (Lipinski definition) is 3. The molecule has 0 aliphatic carbocycles. The summed E-state index contributed by atoms with van der Waals surface area (Å²) < 4.78 is 25.6. The molecular weight excluding hydrogens is 358 g/mol. The van der Waals surface area contributed by atoms with E-state index in [9.17, 15) is 13.2 Å². The van der Waals surface area contributed by atoms with Crippen molar-refractivity contribution in [2.45, 2.75) is 30.4 Å². The van der Waals surface area contributed by atoms with Crippen LogP contribution in [-0.4, -0.2) is 37.6 Å². The molecule has 0 aromatic heterocycles. The Morgan fingerprint density at radius 3 is 2.44 bits per heavy atom. The number of likely N-dealkylation sites (tertiary alicyclic amines) is 1. The highest BCUT2D eigenvalue weighted by atomic mass is 35.5. The first kappa shape index (κ1) is 18.0. The molecule has 2 aromatic rings. The van der Waals surface area contributed by atoms with Crippen molar-refractivity contribution >= 4 is 27.3 Å². The first-order valence-corrected chi connectivity index (χ1v) is 10.1. The second kappa shape index (κ2) is 6.81. The molecule has 2 aromatic carbocycles. The molecule has 1 atom stereocenters. The van der Waals surface area contributed by atoms with Crippen LogP contribution in [0.2, 0.25) is 5.02 Å². The molecule has 1 aliphatic rings. The van der Waals surface area contributed by atoms with Crippen molar-refractivity contribution in [3.63, 3.8) is 0 Å². The number of benzene rings is 2. The number of amides is 1. The van der Waals surface area contributed by atoms with E-state index in [4.69, 9.17) is 11.6 Å². The normalized spacial score (nSPS) is 17.7. The summed E-state index contributed by atoms with van der Waals surface area (Å²) in [6.07, 6.45) is 0.446. The number of hydrogen-bond donors (Lipinski definition) is 0. The van der Waals surface area contributed by atoms with Gasteiger partial charge in [0.25, 0.3) is 5.91 Å². The molecule has 0 saturated carbocycles. The topological polar surface area (TPSA) is 54.5 Å². The van der Waals surface area contributed by atoms with Crippen molar-refractivity contribution in [2.24, 2.45) is 0 Å². The van der Waals surface area contributed by atoms with E-state index >= 15 is 0 Å². The van der Waals surface area contributed by atoms with Crippen molar-refractivity contribution in [2.75, 3.05) is 13.1 Å². The van der Waals surface area contributed by atoms with Gasteiger partial charge >= 0.3 is 0 Å². The zero-order chi connectivity index (χ0) is 18.2. The Balaban J connectivity index is 1.79. The van der Waals surface area contributed by atoms with Crippen LogP contribution in [0, 0.1) is 13.8 Å². The molecule has 3 rings (SSSR count). The number of carbonyl (C=O) groups is 1. The average Bonchev–Trinajstić information content (AvgIpc) is 3.05. The number of sulfone groups is 1. The van der Waals surface area contributed by atoms with E-state index < -0.39 is 15.1 Å². The van der Waals surface area contributed by atoms with Crippen LogP contribution in [-0.2, 0) is 9.84 Å². The second-order valence-electron chi connectivity index (χ2n) is 6.48. The molecule has 6 heteroatoms. The molecule has 0 radical (unpaired) electrons. The molecule has 0 bridgehead atoms. The fraction of sp³-hybridized carbons (Fsp3) is 0.316. The Morgan fingerprint density at radius 2 is 1.80 bits per heavy atom. The van der Waals surface area contributed by atoms with Crippen LogP contribution in [0.25, 0.3) is 0 Å². The number of aryl methyl sites for hydroxylation is 2. The van der Waals surface area contributed by atoms with Crippen LogP contribution in [0.4, 0.5) is 0 Å². The minimum atomic E-state index is -3.47. The Kier molecular flexibility index (Phi) is 4.89. The molecule has 25 heavy (non-hydrogen) atoms. The lowest BCUT2D eigenvalue weighted by atomic mass is 10.0. The van der Waals surface area contributed by atoms with E-state index in [1.807, 2.05) is 32.0 Å². The third-order valence-corrected chi connectivity index (χ3v) is 7.07. The van der Waals surface area contributed by atoms with Gasteiger partial charge in [-0.25, -0.2) is 8.42 Å². The number of halogens is 1. The fourth-order valence-electron chi connectivity index (χ4n) is 3.21. The first-order chi connectivity index (χ1) is 11.8. The molecule has 1 unspecified atom stereocenters. The molecule has 1 heterocycles. The van der Waals surface area contributed by atoms with Gasteiger partial charge in [0.2, 0.25) is 0 Å². The van der Waals surface area contributed by atoms with E-state index in [1.54, 1.807) is 17.0 Å². The predicted molar refractivity (Wildman–Crippen MR) is 98.9 cm³/mol. The van der Waals surface area contributed by atoms with Crippen molar-refractivity contribution in [1.29, 1.82) is 0 Å². The maximum atomic E-state index is 12.8. The van der Waals surface area contributed by atoms with Gasteiger partial charge in [-0.15, -0.1) is 0 Å². The van der Waals surface area contributed by atoms with Gasteiger partial charge in [0.1, 0.15) is 0 Å². The summed E-state index contributed by atoms with van der Waals surface area (Å²) >= 11 is 5.83. The van der Waals surface area contributed by atoms with Crippen LogP contribution >= 0.6 is 11.6 Å². The van der Waals surface area contributed by atoms with Crippen molar-refractivity contribution in [3.05, 3.63) is 64.2 Å². The summed E-state index contributed by atoms with van der Waals surface area (Å²) in [5.74, 6) is -0.105. The molecule has 4 nitrogen and oxygen atoms in total. The molecule has 1 aliphatic heterocycles. The second-order valence-corrected chi connectivity index (χ2v) is 9.14. The lowest BCUT2D eigenvalue weighted by Crippen LogP contribution is -2.32. The van der Waals surface area contributed by atoms with Gasteiger partial charge in [-0.3, -0.25) is 4.79 Å². The maximum Gasteiger partial charge on any atom is 0.254 e. The predicted octanol–water partition coefficient (Wildman–Crippen LogP) is 3.65. The number of rotatable bonds is 3. The minimum absolute atomic E-state index is 0.105. The van der Waals surface area contributed by atoms with Crippen molar-refractivity contribution in [1.82, 2.24) is 4.90 Å². The largest absolute Gasteiger partial charge is 0.337 e. The third kappa shape index (κ3) is 3.58. The molecule has 1 saturated heterocycles. The molecule has 1 amide bonds. The highest BCUT2D eigenvalue weighted by Crippen LogP contribution is 2.26. The summed E-state index contributed by atoms with van der Waals surface area (Å²) in [5.41, 5.74) is 2.64. The van der Waals surface area contributed by atoms with Gasteiger partial charge in [0.05, 0.1) is 10.1 Å². The molecule has 1 fully saturated rings. The van der Waals surface area contributed by atoms with E-state index in [-0.39, 0.29) is 17.3 Å². The molecular formula is C19H20ClNO3S. The van der Waals surface area contributed by atoms with E-state index in [0.717, 1.165) is 11.1 Å². The van der Waals surface area contributed by atoms with Crippen LogP contribution in [0.3, 0.4) is 0 Å². The van der Waals surface area contributed by atoms with Crippen molar-refractivity contribution < 1.29 is 13.2 Å². The highest BCUT2D eigenvalue weighted by molar-refractivity contribution is 7.92. The highest BCUT2D eigenvalue weighted by Gasteiger charge is 2.36. The lowest BCUT2D eigenvalue weighted by molar-refractivity contribution is 0.0792. The smallest absolute Gasteiger partial charge is 0.254 e. The van der Waals surface area contributed by atoms with E-state index in [2.05, 4.69) is 0 Å². The summed E-state index contributed by atoms with van der Waals surface area (Å²) in [4.78, 5) is 14.6. The van der Waals surface area contributed by atoms with Gasteiger partial charge in [-0.1, -0.05) is 29.3 Å². The zero-order valence-electron chi connectivity index (χ0n) is 14.2. The van der Waals surface area contributed by atoms with Gasteiger partial charge in [-0.2, -0.15) is 0 Å². The third-order valence-electron chi connectivity index (χ3n) is 4.63. The molecule has 0 spiro atoms. The standard InChI is InChI=1S/C19H20ClNO3S/c1-13-3-8-18(14(2)11-13)19(22)21-10-9-17(12-21)25(23,24)16-6-4-15(20)5-7-16/h3-8,11,17H,9-10,12H2,1-2H3. The van der Waals surface area contributed by atoms with Gasteiger partial charge in [0, 0.05) is 23.7 Å². The zero-order valence-corrected chi connectivity index (χ0v) is 15.8. The quantitative estimate of drug-likeness (QED) is 0.820. The first-order valence-electron chi connectivity index (χ1n) is 8.15. The van der Waals surface area contributed by atoms with Gasteiger partial charge in [-0.05, 0) is 56.2 Å². The van der Waals surface area contributed by atoms with E-state index in [1.165, 1.54) is 12.1 Å². The van der Waals surface area contributed by atoms with Gasteiger partial charge in [0.15, 0.2) is 9.84 Å². The SMILES string of the molecule is Cc1ccc(C(=O)N2CCC(S(=O)(=O)c3ccc(Cl)cc3)C2)c(C)c1. The minimum Gasteiger partial charge on any atom is -0.337 e. The molecule has 0 N–H and O–H groups in total. The Bertz CT molecular complexity index is 907. The van der Waals surface area contributed by atoms with Crippen LogP contribution in [0.5, 0.6) is 0 Å². The summed E-state index contributed by atoms with van der Waals surface area (Å²) in [6.45, 7) is 4.55. The monoisotopic (exact) mass is 377 g/mol. The Labute approximate surface area is 153 Å². The summed E-state index contributed by atoms with van der Waals surface area (Å²) in [7, 11) is -3.47. The van der Waals surface area contributed by atoms with Crippen LogP contribution in [0.15, 0.2) is 47.4 Å². The van der Waals surface area contributed by atoms with Gasteiger partial charge < -0.3 is 4.90 Å². The molecule has 132 valence electrons. The number of carbonyl (C=O) groups excluding carboxylic acids is 1. The summed E-state index contributed by atoms with van der Waals surface area (Å²) in [6, 6.07) is 11.9. The Hall–Kier alpha value is -1.85. The van der Waals surface area contributed by atoms with E-state index in [0.29, 0.717) is 23.6 Å². The van der Waals surface area contributed by atoms with Crippen molar-refractivity contribution in [3.8, 4) is 0 Å². The van der Waals surface area contributed by atoms with Crippen LogP contribution in [0.1, 0.15) is 27.9 Å².